The van der Waals surface area contributed by atoms with E-state index in [0.29, 0.717) is 11.9 Å². The summed E-state index contributed by atoms with van der Waals surface area (Å²) in [6, 6.07) is 16.7. The van der Waals surface area contributed by atoms with Crippen LogP contribution < -0.4 is 14.2 Å². The number of benzene rings is 2. The van der Waals surface area contributed by atoms with Crippen LogP contribution in [0.4, 0.5) is 18.0 Å². The van der Waals surface area contributed by atoms with Gasteiger partial charge in [0.1, 0.15) is 36.9 Å². The first kappa shape index (κ1) is 35.8. The summed E-state index contributed by atoms with van der Waals surface area (Å²) in [5.74, 6) is 0.469. The average Bonchev–Trinajstić information content (AvgIpc) is 3.50. The normalized spacial score (nSPS) is 11.6. The SMILES string of the molecule is CCOC(=O)COCc1ccc(COc2cc(OCc3ccc(OC)cc3)c(-c3cc(C(F)(F)F)cn3C(=O)OC(C)(C)C)cn2)cc1. The van der Waals surface area contributed by atoms with Crippen LogP contribution in [0.1, 0.15) is 49.9 Å². The number of hydrogen-bond acceptors (Lipinski definition) is 9. The van der Waals surface area contributed by atoms with Gasteiger partial charge in [-0.25, -0.2) is 14.6 Å². The molecule has 0 N–H and O–H groups in total. The molecule has 0 saturated heterocycles. The Balaban J connectivity index is 1.59. The van der Waals surface area contributed by atoms with Gasteiger partial charge in [0.25, 0.3) is 0 Å². The van der Waals surface area contributed by atoms with Crippen LogP contribution in [0, 0.1) is 0 Å². The van der Waals surface area contributed by atoms with Crippen molar-refractivity contribution in [3.05, 3.63) is 95.3 Å². The molecule has 2 heterocycles. The molecule has 0 radical (unpaired) electrons. The first-order valence-electron chi connectivity index (χ1n) is 15.0. The Bertz CT molecular complexity index is 1680. The third-order valence-electron chi connectivity index (χ3n) is 6.61. The molecule has 256 valence electrons. The van der Waals surface area contributed by atoms with Gasteiger partial charge in [0.05, 0.1) is 37.1 Å². The fourth-order valence-electron chi connectivity index (χ4n) is 4.32. The topological polar surface area (TPSA) is 107 Å². The van der Waals surface area contributed by atoms with Crippen molar-refractivity contribution in [1.82, 2.24) is 9.55 Å². The summed E-state index contributed by atoms with van der Waals surface area (Å²) in [6.07, 6.45) is -3.75. The zero-order valence-electron chi connectivity index (χ0n) is 27.3. The minimum absolute atomic E-state index is 0.0411. The van der Waals surface area contributed by atoms with Crippen molar-refractivity contribution in [2.24, 2.45) is 0 Å². The van der Waals surface area contributed by atoms with Crippen LogP contribution in [0.5, 0.6) is 17.4 Å². The lowest BCUT2D eigenvalue weighted by atomic mass is 10.1. The van der Waals surface area contributed by atoms with Gasteiger partial charge in [-0.2, -0.15) is 13.2 Å². The lowest BCUT2D eigenvalue weighted by Crippen LogP contribution is -2.27. The summed E-state index contributed by atoms with van der Waals surface area (Å²) in [6.45, 7) is 7.07. The molecule has 4 aromatic rings. The number of rotatable bonds is 13. The van der Waals surface area contributed by atoms with Crippen LogP contribution in [0.25, 0.3) is 11.3 Å². The minimum Gasteiger partial charge on any atom is -0.497 e. The van der Waals surface area contributed by atoms with E-state index < -0.39 is 29.4 Å². The zero-order chi connectivity index (χ0) is 34.9. The van der Waals surface area contributed by atoms with Gasteiger partial charge >= 0.3 is 18.2 Å². The van der Waals surface area contributed by atoms with Crippen molar-refractivity contribution in [2.45, 2.75) is 59.3 Å². The lowest BCUT2D eigenvalue weighted by molar-refractivity contribution is -0.148. The Kier molecular flexibility index (Phi) is 11.7. The Morgan fingerprint density at radius 3 is 2.04 bits per heavy atom. The second kappa shape index (κ2) is 15.7. The van der Waals surface area contributed by atoms with E-state index >= 15 is 0 Å². The summed E-state index contributed by atoms with van der Waals surface area (Å²) in [7, 11) is 1.54. The maximum absolute atomic E-state index is 13.8. The fraction of sp³-hybridized carbons (Fsp3) is 0.343. The minimum atomic E-state index is -4.73. The Morgan fingerprint density at radius 2 is 1.46 bits per heavy atom. The average molecular weight is 671 g/mol. The van der Waals surface area contributed by atoms with E-state index in [2.05, 4.69) is 4.98 Å². The molecule has 0 fully saturated rings. The second-order valence-electron chi connectivity index (χ2n) is 11.5. The molecule has 10 nitrogen and oxygen atoms in total. The number of ether oxygens (including phenoxy) is 6. The van der Waals surface area contributed by atoms with Gasteiger partial charge in [-0.05, 0) is 62.6 Å². The predicted molar refractivity (Wildman–Crippen MR) is 169 cm³/mol. The monoisotopic (exact) mass is 670 g/mol. The molecule has 4 rings (SSSR count). The Labute approximate surface area is 276 Å². The number of nitrogens with zero attached hydrogens (tertiary/aromatic N) is 2. The van der Waals surface area contributed by atoms with E-state index in [1.807, 2.05) is 24.3 Å². The number of hydrogen-bond donors (Lipinski definition) is 0. The summed E-state index contributed by atoms with van der Waals surface area (Å²) >= 11 is 0. The third-order valence-corrected chi connectivity index (χ3v) is 6.61. The van der Waals surface area contributed by atoms with Crippen LogP contribution in [-0.4, -0.2) is 47.5 Å². The van der Waals surface area contributed by atoms with E-state index in [-0.39, 0.29) is 55.9 Å². The highest BCUT2D eigenvalue weighted by Crippen LogP contribution is 2.38. The molecule has 0 atom stereocenters. The molecule has 2 aromatic carbocycles. The molecule has 0 aliphatic heterocycles. The maximum Gasteiger partial charge on any atom is 0.419 e. The summed E-state index contributed by atoms with van der Waals surface area (Å²) in [5, 5.41) is 0. The molecule has 13 heteroatoms. The molecular formula is C35H37F3N2O8. The van der Waals surface area contributed by atoms with Crippen molar-refractivity contribution >= 4 is 12.1 Å². The molecule has 0 bridgehead atoms. The Hall–Kier alpha value is -5.04. The highest BCUT2D eigenvalue weighted by atomic mass is 19.4. The molecule has 2 aromatic heterocycles. The van der Waals surface area contributed by atoms with Crippen molar-refractivity contribution in [3.63, 3.8) is 0 Å². The van der Waals surface area contributed by atoms with E-state index in [9.17, 15) is 22.8 Å². The van der Waals surface area contributed by atoms with E-state index in [1.54, 1.807) is 59.1 Å². The van der Waals surface area contributed by atoms with Crippen LogP contribution in [0.2, 0.25) is 0 Å². The standard InChI is InChI=1S/C35H37F3N2O8/c1-6-45-32(41)22-44-19-23-7-9-24(10-8-23)21-47-31-16-30(46-20-25-11-13-27(43-5)14-12-25)28(17-39-31)29-15-26(35(36,37)38)18-40(29)33(42)48-34(2,3)4/h7-18H,6,19-22H2,1-5H3. The largest absolute Gasteiger partial charge is 0.497 e. The molecule has 0 aliphatic rings. The van der Waals surface area contributed by atoms with Gasteiger partial charge in [-0.3, -0.25) is 4.57 Å². The number of carbonyl (C=O) groups is 2. The lowest BCUT2D eigenvalue weighted by Gasteiger charge is -2.21. The molecule has 0 aliphatic carbocycles. The molecule has 48 heavy (non-hydrogen) atoms. The number of methoxy groups -OCH3 is 1. The number of esters is 1. The highest BCUT2D eigenvalue weighted by Gasteiger charge is 2.35. The zero-order valence-corrected chi connectivity index (χ0v) is 27.3. The second-order valence-corrected chi connectivity index (χ2v) is 11.5. The van der Waals surface area contributed by atoms with Crippen LogP contribution >= 0.6 is 0 Å². The summed E-state index contributed by atoms with van der Waals surface area (Å²) in [4.78, 5) is 28.8. The number of halogens is 3. The van der Waals surface area contributed by atoms with Crippen LogP contribution in [0.3, 0.4) is 0 Å². The van der Waals surface area contributed by atoms with Gasteiger partial charge in [0.15, 0.2) is 0 Å². The number of aromatic nitrogens is 2. The fourth-order valence-corrected chi connectivity index (χ4v) is 4.32. The van der Waals surface area contributed by atoms with Crippen molar-refractivity contribution in [3.8, 4) is 28.6 Å². The first-order valence-corrected chi connectivity index (χ1v) is 15.0. The quantitative estimate of drug-likeness (QED) is 0.133. The smallest absolute Gasteiger partial charge is 0.419 e. The van der Waals surface area contributed by atoms with Gasteiger partial charge in [0, 0.05) is 18.5 Å². The van der Waals surface area contributed by atoms with Crippen LogP contribution in [0.15, 0.2) is 73.1 Å². The van der Waals surface area contributed by atoms with Gasteiger partial charge in [0.2, 0.25) is 5.88 Å². The summed E-state index contributed by atoms with van der Waals surface area (Å²) < 4.78 is 75.1. The van der Waals surface area contributed by atoms with E-state index in [4.69, 9.17) is 28.4 Å². The Morgan fingerprint density at radius 1 is 0.854 bits per heavy atom. The molecule has 0 unspecified atom stereocenters. The van der Waals surface area contributed by atoms with Crippen molar-refractivity contribution in [1.29, 1.82) is 0 Å². The van der Waals surface area contributed by atoms with E-state index in [1.165, 1.54) is 12.3 Å². The molecule has 0 amide bonds. The van der Waals surface area contributed by atoms with Gasteiger partial charge in [-0.1, -0.05) is 36.4 Å². The third kappa shape index (κ3) is 10.2. The predicted octanol–water partition coefficient (Wildman–Crippen LogP) is 7.60. The van der Waals surface area contributed by atoms with Gasteiger partial charge in [-0.15, -0.1) is 0 Å². The molecule has 0 spiro atoms. The summed E-state index contributed by atoms with van der Waals surface area (Å²) in [5.41, 5.74) is 0.375. The highest BCUT2D eigenvalue weighted by molar-refractivity contribution is 5.81. The van der Waals surface area contributed by atoms with Crippen molar-refractivity contribution < 1.29 is 51.2 Å². The van der Waals surface area contributed by atoms with Gasteiger partial charge < -0.3 is 28.4 Å². The maximum atomic E-state index is 13.8. The van der Waals surface area contributed by atoms with Crippen molar-refractivity contribution in [2.75, 3.05) is 20.3 Å². The molecular weight excluding hydrogens is 633 g/mol. The van der Waals surface area contributed by atoms with E-state index in [0.717, 1.165) is 27.3 Å². The van der Waals surface area contributed by atoms with Crippen LogP contribution in [-0.2, 0) is 45.0 Å². The first-order chi connectivity index (χ1) is 22.8. The number of pyridine rings is 1. The number of carbonyl (C=O) groups excluding carboxylic acids is 2. The molecule has 0 saturated carbocycles. The number of alkyl halides is 3.